The molecule has 0 radical (unpaired) electrons. The van der Waals surface area contributed by atoms with Crippen molar-refractivity contribution in [3.05, 3.63) is 106 Å². The van der Waals surface area contributed by atoms with E-state index in [-0.39, 0.29) is 0 Å². The summed E-state index contributed by atoms with van der Waals surface area (Å²) in [4.78, 5) is 0. The summed E-state index contributed by atoms with van der Waals surface area (Å²) in [5, 5.41) is 2.73. The summed E-state index contributed by atoms with van der Waals surface area (Å²) in [6.45, 7) is 15.1. The van der Waals surface area contributed by atoms with Crippen molar-refractivity contribution in [1.29, 1.82) is 0 Å². The molecule has 0 fully saturated rings. The topological polar surface area (TPSA) is 0 Å². The van der Waals surface area contributed by atoms with Gasteiger partial charge < -0.3 is 0 Å². The predicted molar refractivity (Wildman–Crippen MR) is 129 cm³/mol. The summed E-state index contributed by atoms with van der Waals surface area (Å²) >= 11 is 0. The molecule has 0 amide bonds. The minimum atomic E-state index is 1.32. The van der Waals surface area contributed by atoms with Crippen LogP contribution in [0, 0.1) is 48.5 Å². The highest BCUT2D eigenvalue weighted by Gasteiger charge is 2.03. The Morgan fingerprint density at radius 3 is 1.79 bits per heavy atom. The quantitative estimate of drug-likeness (QED) is 0.311. The zero-order valence-corrected chi connectivity index (χ0v) is 18.9. The second-order valence-electron chi connectivity index (χ2n) is 8.35. The van der Waals surface area contributed by atoms with Crippen LogP contribution in [0.3, 0.4) is 0 Å². The minimum absolute atomic E-state index is 1.32. The van der Waals surface area contributed by atoms with Crippen LogP contribution in [-0.2, 0) is 0 Å². The van der Waals surface area contributed by atoms with E-state index in [1.54, 1.807) is 0 Å². The molecular weight excluding hydrogens is 348 g/mol. The van der Waals surface area contributed by atoms with Crippen molar-refractivity contribution in [2.75, 3.05) is 0 Å². The van der Waals surface area contributed by atoms with Crippen molar-refractivity contribution in [1.82, 2.24) is 0 Å². The van der Waals surface area contributed by atoms with Crippen molar-refractivity contribution in [3.63, 3.8) is 0 Å². The molecule has 0 bridgehead atoms. The van der Waals surface area contributed by atoms with Crippen LogP contribution < -0.4 is 0 Å². The molecule has 0 unspecified atom stereocenters. The first-order valence-corrected chi connectivity index (χ1v) is 10.4. The molecule has 4 aromatic rings. The SMILES string of the molecule is Cc1ccc(-c2ccc(C)c(C)c2)c(C)c1.Cc1ccc2c(C)c(C)ccc2c1. The number of fused-ring (bicyclic) bond motifs is 1. The maximum Gasteiger partial charge on any atom is -0.0152 e. The predicted octanol–water partition coefficient (Wildman–Crippen LogP) is 8.35. The highest BCUT2D eigenvalue weighted by atomic mass is 14.1. The van der Waals surface area contributed by atoms with Crippen molar-refractivity contribution >= 4 is 10.8 Å². The van der Waals surface area contributed by atoms with Gasteiger partial charge in [0.2, 0.25) is 0 Å². The first kappa shape index (κ1) is 20.9. The van der Waals surface area contributed by atoms with E-state index >= 15 is 0 Å². The van der Waals surface area contributed by atoms with Crippen LogP contribution in [0.15, 0.2) is 66.7 Å². The molecule has 0 atom stereocenters. The molecule has 0 N–H and O–H groups in total. The van der Waals surface area contributed by atoms with Crippen LogP contribution in [0.5, 0.6) is 0 Å². The van der Waals surface area contributed by atoms with Gasteiger partial charge in [0, 0.05) is 0 Å². The molecule has 0 aromatic heterocycles. The van der Waals surface area contributed by atoms with Crippen LogP contribution in [0.25, 0.3) is 21.9 Å². The molecule has 4 aromatic carbocycles. The highest BCUT2D eigenvalue weighted by Crippen LogP contribution is 2.26. The van der Waals surface area contributed by atoms with Gasteiger partial charge in [0.05, 0.1) is 0 Å². The lowest BCUT2D eigenvalue weighted by Gasteiger charge is -2.09. The third-order valence-corrected chi connectivity index (χ3v) is 5.92. The normalized spacial score (nSPS) is 10.6. The van der Waals surface area contributed by atoms with Crippen LogP contribution in [0.2, 0.25) is 0 Å². The lowest BCUT2D eigenvalue weighted by molar-refractivity contribution is 1.33. The summed E-state index contributed by atoms with van der Waals surface area (Å²) in [6, 6.07) is 24.3. The van der Waals surface area contributed by atoms with E-state index in [4.69, 9.17) is 0 Å². The van der Waals surface area contributed by atoms with E-state index in [1.165, 1.54) is 60.8 Å². The van der Waals surface area contributed by atoms with Crippen LogP contribution in [0.1, 0.15) is 38.9 Å². The second kappa shape index (κ2) is 8.66. The maximum absolute atomic E-state index is 2.27. The molecule has 0 aliphatic carbocycles. The molecule has 29 heavy (non-hydrogen) atoms. The van der Waals surface area contributed by atoms with Gasteiger partial charge in [0.1, 0.15) is 0 Å². The largest absolute Gasteiger partial charge is 0.0587 e. The van der Waals surface area contributed by atoms with E-state index in [0.717, 1.165) is 0 Å². The molecule has 0 spiro atoms. The fourth-order valence-electron chi connectivity index (χ4n) is 3.76. The van der Waals surface area contributed by atoms with Gasteiger partial charge in [0.15, 0.2) is 0 Å². The first-order chi connectivity index (χ1) is 13.8. The average Bonchev–Trinajstić information content (AvgIpc) is 2.68. The van der Waals surface area contributed by atoms with Gasteiger partial charge in [0.25, 0.3) is 0 Å². The Balaban J connectivity index is 0.000000169. The van der Waals surface area contributed by atoms with Gasteiger partial charge >= 0.3 is 0 Å². The molecule has 0 heterocycles. The molecular formula is C29H32. The van der Waals surface area contributed by atoms with Gasteiger partial charge in [-0.2, -0.15) is 0 Å². The Morgan fingerprint density at radius 2 is 1.10 bits per heavy atom. The van der Waals surface area contributed by atoms with Crippen LogP contribution >= 0.6 is 0 Å². The van der Waals surface area contributed by atoms with Crippen molar-refractivity contribution in [3.8, 4) is 11.1 Å². The van der Waals surface area contributed by atoms with Gasteiger partial charge in [-0.3, -0.25) is 0 Å². The second-order valence-corrected chi connectivity index (χ2v) is 8.35. The van der Waals surface area contributed by atoms with Crippen LogP contribution in [0.4, 0.5) is 0 Å². The Morgan fingerprint density at radius 1 is 0.448 bits per heavy atom. The van der Waals surface area contributed by atoms with E-state index < -0.39 is 0 Å². The number of hydrogen-bond acceptors (Lipinski definition) is 0. The molecule has 0 saturated heterocycles. The number of rotatable bonds is 1. The fourth-order valence-corrected chi connectivity index (χ4v) is 3.76. The monoisotopic (exact) mass is 380 g/mol. The van der Waals surface area contributed by atoms with E-state index in [9.17, 15) is 0 Å². The smallest absolute Gasteiger partial charge is 0.0152 e. The van der Waals surface area contributed by atoms with E-state index in [2.05, 4.69) is 115 Å². The molecule has 0 aliphatic heterocycles. The summed E-state index contributed by atoms with van der Waals surface area (Å²) in [5.74, 6) is 0. The van der Waals surface area contributed by atoms with E-state index in [1.807, 2.05) is 0 Å². The third kappa shape index (κ3) is 4.77. The number of benzene rings is 4. The van der Waals surface area contributed by atoms with Gasteiger partial charge in [-0.1, -0.05) is 77.9 Å². The zero-order valence-electron chi connectivity index (χ0n) is 18.9. The maximum atomic E-state index is 2.27. The molecule has 0 saturated carbocycles. The zero-order chi connectivity index (χ0) is 21.1. The minimum Gasteiger partial charge on any atom is -0.0587 e. The van der Waals surface area contributed by atoms with Gasteiger partial charge in [-0.05, 0) is 98.2 Å². The standard InChI is InChI=1S/C16H18.C13H14/c1-11-5-8-16(14(4)9-11)15-7-6-12(2)13(3)10-15;1-9-4-7-13-11(3)10(2)5-6-12(13)8-9/h5-10H,1-4H3;4-8H,1-3H3. The third-order valence-electron chi connectivity index (χ3n) is 5.92. The van der Waals surface area contributed by atoms with Crippen molar-refractivity contribution < 1.29 is 0 Å². The summed E-state index contributed by atoms with van der Waals surface area (Å²) < 4.78 is 0. The van der Waals surface area contributed by atoms with Crippen molar-refractivity contribution in [2.24, 2.45) is 0 Å². The summed E-state index contributed by atoms with van der Waals surface area (Å²) in [5.41, 5.74) is 12.2. The molecule has 0 nitrogen and oxygen atoms in total. The molecule has 0 heteroatoms. The Hall–Kier alpha value is -2.86. The lowest BCUT2D eigenvalue weighted by Crippen LogP contribution is -1.87. The Labute approximate surface area is 176 Å². The van der Waals surface area contributed by atoms with Crippen molar-refractivity contribution in [2.45, 2.75) is 48.5 Å². The number of aryl methyl sites for hydroxylation is 7. The van der Waals surface area contributed by atoms with E-state index in [0.29, 0.717) is 0 Å². The number of hydrogen-bond donors (Lipinski definition) is 0. The Bertz CT molecular complexity index is 1160. The fraction of sp³-hybridized carbons (Fsp3) is 0.241. The lowest BCUT2D eigenvalue weighted by atomic mass is 9.96. The average molecular weight is 381 g/mol. The van der Waals surface area contributed by atoms with Gasteiger partial charge in [-0.25, -0.2) is 0 Å². The molecule has 4 rings (SSSR count). The van der Waals surface area contributed by atoms with Crippen LogP contribution in [-0.4, -0.2) is 0 Å². The molecule has 0 aliphatic rings. The van der Waals surface area contributed by atoms with Gasteiger partial charge in [-0.15, -0.1) is 0 Å². The summed E-state index contributed by atoms with van der Waals surface area (Å²) in [7, 11) is 0. The summed E-state index contributed by atoms with van der Waals surface area (Å²) in [6.07, 6.45) is 0. The Kier molecular flexibility index (Phi) is 6.23. The highest BCUT2D eigenvalue weighted by molar-refractivity contribution is 5.87. The molecule has 148 valence electrons. The first-order valence-electron chi connectivity index (χ1n) is 10.4.